The molecule has 2 fully saturated rings. The van der Waals surface area contributed by atoms with Gasteiger partial charge in [-0.25, -0.2) is 4.79 Å². The molecule has 0 aliphatic carbocycles. The summed E-state index contributed by atoms with van der Waals surface area (Å²) >= 11 is 0. The van der Waals surface area contributed by atoms with E-state index in [1.807, 2.05) is 34.9 Å². The van der Waals surface area contributed by atoms with E-state index in [-0.39, 0.29) is 11.9 Å². The van der Waals surface area contributed by atoms with Crippen LogP contribution in [0.2, 0.25) is 0 Å². The van der Waals surface area contributed by atoms with Crippen molar-refractivity contribution in [2.24, 2.45) is 0 Å². The van der Waals surface area contributed by atoms with Crippen molar-refractivity contribution >= 4 is 17.6 Å². The van der Waals surface area contributed by atoms with Crippen molar-refractivity contribution in [1.82, 2.24) is 9.80 Å². The van der Waals surface area contributed by atoms with Gasteiger partial charge >= 0.3 is 6.03 Å². The van der Waals surface area contributed by atoms with Gasteiger partial charge in [0.2, 0.25) is 5.91 Å². The van der Waals surface area contributed by atoms with Crippen molar-refractivity contribution in [2.75, 3.05) is 31.5 Å². The third-order valence-corrected chi connectivity index (χ3v) is 5.24. The topological polar surface area (TPSA) is 52.7 Å². The first-order valence-electron chi connectivity index (χ1n) is 9.57. The molecule has 0 unspecified atom stereocenters. The first kappa shape index (κ1) is 17.8. The number of carbonyl (C=O) groups excluding carboxylic acids is 2. The molecule has 0 atom stereocenters. The van der Waals surface area contributed by atoms with Crippen LogP contribution in [0.4, 0.5) is 10.5 Å². The molecule has 3 amide bonds. The molecule has 5 heteroatoms. The van der Waals surface area contributed by atoms with Gasteiger partial charge in [0.15, 0.2) is 0 Å². The summed E-state index contributed by atoms with van der Waals surface area (Å²) < 4.78 is 0. The Morgan fingerprint density at radius 2 is 1.52 bits per heavy atom. The Morgan fingerprint density at radius 3 is 2.12 bits per heavy atom. The lowest BCUT2D eigenvalue weighted by atomic mass is 10.0. The maximum atomic E-state index is 12.4. The van der Waals surface area contributed by atoms with Crippen LogP contribution in [0.1, 0.15) is 49.7 Å². The van der Waals surface area contributed by atoms with Gasteiger partial charge in [-0.3, -0.25) is 4.79 Å². The van der Waals surface area contributed by atoms with Gasteiger partial charge in [0, 0.05) is 31.9 Å². The van der Waals surface area contributed by atoms with Crippen LogP contribution in [0.5, 0.6) is 0 Å². The fraction of sp³-hybridized carbons (Fsp3) is 0.600. The summed E-state index contributed by atoms with van der Waals surface area (Å²) in [5, 5.41) is 3.02. The molecule has 0 spiro atoms. The minimum absolute atomic E-state index is 0.0139. The molecule has 136 valence electrons. The van der Waals surface area contributed by atoms with E-state index >= 15 is 0 Å². The molecule has 3 rings (SSSR count). The largest absolute Gasteiger partial charge is 0.342 e. The van der Waals surface area contributed by atoms with Crippen molar-refractivity contribution in [1.29, 1.82) is 0 Å². The lowest BCUT2D eigenvalue weighted by molar-refractivity contribution is -0.131. The highest BCUT2D eigenvalue weighted by atomic mass is 16.2. The van der Waals surface area contributed by atoms with Gasteiger partial charge in [0.25, 0.3) is 0 Å². The van der Waals surface area contributed by atoms with Gasteiger partial charge in [-0.05, 0) is 62.6 Å². The van der Waals surface area contributed by atoms with Crippen LogP contribution < -0.4 is 5.32 Å². The number of hydrogen-bond acceptors (Lipinski definition) is 2. The van der Waals surface area contributed by atoms with Gasteiger partial charge in [-0.15, -0.1) is 0 Å². The Balaban J connectivity index is 1.58. The number of piperidine rings is 2. The Labute approximate surface area is 150 Å². The van der Waals surface area contributed by atoms with Gasteiger partial charge in [0.1, 0.15) is 0 Å². The molecule has 1 N–H and O–H groups in total. The number of benzene rings is 1. The fourth-order valence-electron chi connectivity index (χ4n) is 3.70. The minimum atomic E-state index is -0.0139. The van der Waals surface area contributed by atoms with Gasteiger partial charge in [-0.1, -0.05) is 12.1 Å². The zero-order valence-corrected chi connectivity index (χ0v) is 15.2. The molecule has 1 aromatic carbocycles. The van der Waals surface area contributed by atoms with Crippen LogP contribution in [0, 0.1) is 6.92 Å². The maximum absolute atomic E-state index is 12.4. The second kappa shape index (κ2) is 8.37. The van der Waals surface area contributed by atoms with Crippen LogP contribution in [0.15, 0.2) is 18.2 Å². The molecule has 2 aliphatic heterocycles. The Kier molecular flexibility index (Phi) is 5.95. The number of urea groups is 1. The first-order valence-corrected chi connectivity index (χ1v) is 9.57. The van der Waals surface area contributed by atoms with Crippen LogP contribution in [-0.4, -0.2) is 47.9 Å². The molecule has 2 saturated heterocycles. The minimum Gasteiger partial charge on any atom is -0.342 e. The second-order valence-corrected chi connectivity index (χ2v) is 7.25. The quantitative estimate of drug-likeness (QED) is 0.912. The Bertz CT molecular complexity index is 617. The smallest absolute Gasteiger partial charge is 0.321 e. The molecular weight excluding hydrogens is 314 g/mol. The zero-order valence-electron chi connectivity index (χ0n) is 15.2. The monoisotopic (exact) mass is 343 g/mol. The Hall–Kier alpha value is -2.04. The molecule has 0 saturated carbocycles. The number of likely N-dealkylation sites (tertiary alicyclic amines) is 2. The number of nitrogens with zero attached hydrogens (tertiary/aromatic N) is 2. The number of carbonyl (C=O) groups is 2. The second-order valence-electron chi connectivity index (χ2n) is 7.25. The lowest BCUT2D eigenvalue weighted by Gasteiger charge is -2.27. The summed E-state index contributed by atoms with van der Waals surface area (Å²) in [6, 6.07) is 5.89. The molecule has 0 aromatic heterocycles. The SMILES string of the molecule is Cc1cc(CC(=O)N2CCCCC2)ccc1NC(=O)N1CCCCC1. The average molecular weight is 343 g/mol. The van der Waals surface area contributed by atoms with Crippen molar-refractivity contribution in [2.45, 2.75) is 51.9 Å². The molecule has 2 aliphatic rings. The van der Waals surface area contributed by atoms with Gasteiger partial charge < -0.3 is 15.1 Å². The van der Waals surface area contributed by atoms with E-state index in [2.05, 4.69) is 5.32 Å². The standard InChI is InChI=1S/C20H29N3O2/c1-16-14-17(15-19(24)22-10-4-2-5-11-22)8-9-18(16)21-20(25)23-12-6-3-7-13-23/h8-9,14H,2-7,10-13,15H2,1H3,(H,21,25). The van der Waals surface area contributed by atoms with Crippen LogP contribution in [0.25, 0.3) is 0 Å². The zero-order chi connectivity index (χ0) is 17.6. The molecule has 5 nitrogen and oxygen atoms in total. The number of rotatable bonds is 3. The van der Waals surface area contributed by atoms with Crippen molar-refractivity contribution in [3.63, 3.8) is 0 Å². The van der Waals surface area contributed by atoms with Crippen LogP contribution >= 0.6 is 0 Å². The van der Waals surface area contributed by atoms with E-state index in [0.717, 1.165) is 68.7 Å². The van der Waals surface area contributed by atoms with E-state index < -0.39 is 0 Å². The molecular formula is C20H29N3O2. The summed E-state index contributed by atoms with van der Waals surface area (Å²) in [7, 11) is 0. The highest BCUT2D eigenvalue weighted by molar-refractivity contribution is 5.90. The summed E-state index contributed by atoms with van der Waals surface area (Å²) in [6.07, 6.45) is 7.30. The van der Waals surface area contributed by atoms with E-state index in [9.17, 15) is 9.59 Å². The molecule has 0 radical (unpaired) electrons. The predicted octanol–water partition coefficient (Wildman–Crippen LogP) is 3.57. The third-order valence-electron chi connectivity index (χ3n) is 5.24. The van der Waals surface area contributed by atoms with Crippen molar-refractivity contribution in [3.8, 4) is 0 Å². The summed E-state index contributed by atoms with van der Waals surface area (Å²) in [6.45, 7) is 5.45. The van der Waals surface area contributed by atoms with Crippen LogP contribution in [0.3, 0.4) is 0 Å². The average Bonchev–Trinajstić information content (AvgIpc) is 2.65. The van der Waals surface area contributed by atoms with E-state index in [1.54, 1.807) is 0 Å². The fourth-order valence-corrected chi connectivity index (χ4v) is 3.70. The van der Waals surface area contributed by atoms with Crippen LogP contribution in [-0.2, 0) is 11.2 Å². The molecule has 2 heterocycles. The number of amides is 3. The highest BCUT2D eigenvalue weighted by Crippen LogP contribution is 2.20. The predicted molar refractivity (Wildman–Crippen MR) is 99.8 cm³/mol. The van der Waals surface area contributed by atoms with Crippen molar-refractivity contribution in [3.05, 3.63) is 29.3 Å². The summed E-state index contributed by atoms with van der Waals surface area (Å²) in [5.41, 5.74) is 2.86. The third kappa shape index (κ3) is 4.74. The Morgan fingerprint density at radius 1 is 0.920 bits per heavy atom. The van der Waals surface area contributed by atoms with E-state index in [4.69, 9.17) is 0 Å². The number of hydrogen-bond donors (Lipinski definition) is 1. The number of aryl methyl sites for hydroxylation is 1. The van der Waals surface area contributed by atoms with E-state index in [1.165, 1.54) is 12.8 Å². The highest BCUT2D eigenvalue weighted by Gasteiger charge is 2.19. The number of anilines is 1. The van der Waals surface area contributed by atoms with Gasteiger partial charge in [-0.2, -0.15) is 0 Å². The molecule has 0 bridgehead atoms. The normalized spacial score (nSPS) is 18.1. The first-order chi connectivity index (χ1) is 12.1. The van der Waals surface area contributed by atoms with Crippen molar-refractivity contribution < 1.29 is 9.59 Å². The molecule has 1 aromatic rings. The maximum Gasteiger partial charge on any atom is 0.321 e. The summed E-state index contributed by atoms with van der Waals surface area (Å²) in [5.74, 6) is 0.212. The lowest BCUT2D eigenvalue weighted by Crippen LogP contribution is -2.38. The number of nitrogens with one attached hydrogen (secondary N) is 1. The summed E-state index contributed by atoms with van der Waals surface area (Å²) in [4.78, 5) is 28.6. The molecule has 25 heavy (non-hydrogen) atoms. The van der Waals surface area contributed by atoms with E-state index in [0.29, 0.717) is 6.42 Å². The van der Waals surface area contributed by atoms with Gasteiger partial charge in [0.05, 0.1) is 6.42 Å².